The van der Waals surface area contributed by atoms with E-state index < -0.39 is 17.5 Å². The van der Waals surface area contributed by atoms with Crippen LogP contribution in [0.15, 0.2) is 280 Å². The van der Waals surface area contributed by atoms with Gasteiger partial charge in [-0.1, -0.05) is 103 Å². The van der Waals surface area contributed by atoms with E-state index in [1.807, 2.05) is 187 Å². The van der Waals surface area contributed by atoms with Gasteiger partial charge < -0.3 is 67.0 Å². The number of amides is 1. The van der Waals surface area contributed by atoms with E-state index in [9.17, 15) is 32.3 Å². The number of para-hydroxylation sites is 2. The molecular formula is C94H98F3N19O7. The number of aromatic nitrogens is 8. The molecular weight excluding hydrogens is 1560 g/mol. The summed E-state index contributed by atoms with van der Waals surface area (Å²) in [6.07, 6.45) is 12.8. The Morgan fingerprint density at radius 3 is 1.40 bits per heavy atom. The van der Waals surface area contributed by atoms with Gasteiger partial charge in [0, 0.05) is 119 Å². The van der Waals surface area contributed by atoms with Crippen molar-refractivity contribution >= 4 is 122 Å². The molecule has 12 aromatic rings. The highest BCUT2D eigenvalue weighted by molar-refractivity contribution is 6.06. The first-order valence-electron chi connectivity index (χ1n) is 39.5. The summed E-state index contributed by atoms with van der Waals surface area (Å²) in [7, 11) is 3.96. The smallest absolute Gasteiger partial charge is 0.247 e. The molecule has 5 heterocycles. The van der Waals surface area contributed by atoms with Crippen molar-refractivity contribution in [2.45, 2.75) is 53.9 Å². The van der Waals surface area contributed by atoms with Crippen LogP contribution in [-0.4, -0.2) is 140 Å². The SMILES string of the molecule is C=CC(=O)CCc1cccc(Nc2nc(Nc3ccccc3)ncc2C)c1.C=CC(=O)Nc1cccc(Nc2nc(Nc3cccc(OCCCN4CCOCC4)c3)ncc2F)c1.CC(C)=CC(=O)c1ccc(Nc2nc(Nc3ccccc3)ncc2F)cc1.CC(C)=CC(=O)c1cccc(Nc2nc(Nc3cccc(OCCN(C)C)c3)ncc2F)c1. The molecule has 123 heavy (non-hydrogen) atoms. The molecule has 29 heteroatoms. The van der Waals surface area contributed by atoms with E-state index in [2.05, 4.69) is 106 Å². The highest BCUT2D eigenvalue weighted by atomic mass is 19.1. The number of nitrogens with one attached hydrogen (secondary N) is 9. The van der Waals surface area contributed by atoms with Crippen LogP contribution in [0.1, 0.15) is 72.4 Å². The molecule has 632 valence electrons. The predicted molar refractivity (Wildman–Crippen MR) is 482 cm³/mol. The molecule has 0 saturated carbocycles. The summed E-state index contributed by atoms with van der Waals surface area (Å²) in [5, 5.41) is 27.1. The molecule has 1 aliphatic heterocycles. The van der Waals surface area contributed by atoms with Crippen LogP contribution in [0.2, 0.25) is 0 Å². The van der Waals surface area contributed by atoms with E-state index >= 15 is 0 Å². The molecule has 1 amide bonds. The molecule has 1 saturated heterocycles. The lowest BCUT2D eigenvalue weighted by Crippen LogP contribution is -2.37. The maximum atomic E-state index is 14.4. The third-order valence-corrected chi connectivity index (χ3v) is 17.6. The maximum absolute atomic E-state index is 14.4. The second kappa shape index (κ2) is 47.1. The molecule has 0 spiro atoms. The fourth-order valence-corrected chi connectivity index (χ4v) is 11.5. The van der Waals surface area contributed by atoms with Crippen molar-refractivity contribution < 1.29 is 46.6 Å². The highest BCUT2D eigenvalue weighted by Gasteiger charge is 2.17. The number of morpholine rings is 1. The number of ether oxygens (including phenoxy) is 3. The molecule has 1 aliphatic rings. The van der Waals surface area contributed by atoms with Gasteiger partial charge in [0.05, 0.1) is 38.4 Å². The van der Waals surface area contributed by atoms with Gasteiger partial charge in [0.15, 0.2) is 52.3 Å². The number of rotatable bonds is 35. The summed E-state index contributed by atoms with van der Waals surface area (Å²) in [6.45, 7) is 22.8. The second-order valence-electron chi connectivity index (χ2n) is 28.5. The zero-order valence-electron chi connectivity index (χ0n) is 69.4. The Balaban J connectivity index is 0.000000173. The first kappa shape index (κ1) is 90.5. The van der Waals surface area contributed by atoms with Gasteiger partial charge in [-0.2, -0.15) is 19.9 Å². The zero-order chi connectivity index (χ0) is 87.2. The van der Waals surface area contributed by atoms with Crippen molar-refractivity contribution in [2.75, 3.05) is 115 Å². The minimum absolute atomic E-state index is 0.00213. The number of nitrogens with zero attached hydrogens (tertiary/aromatic N) is 10. The Hall–Kier alpha value is -14.8. The average molecular weight is 1660 g/mol. The van der Waals surface area contributed by atoms with Gasteiger partial charge in [-0.25, -0.2) is 33.1 Å². The van der Waals surface area contributed by atoms with Gasteiger partial charge in [-0.15, -0.1) is 0 Å². The highest BCUT2D eigenvalue weighted by Crippen LogP contribution is 2.30. The Bertz CT molecular complexity index is 5600. The first-order valence-corrected chi connectivity index (χ1v) is 39.5. The van der Waals surface area contributed by atoms with Gasteiger partial charge in [0.25, 0.3) is 0 Å². The number of allylic oxidation sites excluding steroid dienone is 5. The molecule has 0 aliphatic carbocycles. The third kappa shape index (κ3) is 31.1. The van der Waals surface area contributed by atoms with Gasteiger partial charge >= 0.3 is 0 Å². The van der Waals surface area contributed by atoms with Crippen LogP contribution in [0.25, 0.3) is 0 Å². The Morgan fingerprint density at radius 1 is 0.455 bits per heavy atom. The number of halogens is 3. The molecule has 4 aromatic heterocycles. The molecule has 13 rings (SSSR count). The lowest BCUT2D eigenvalue weighted by atomic mass is 10.1. The van der Waals surface area contributed by atoms with Crippen molar-refractivity contribution in [2.24, 2.45) is 0 Å². The molecule has 26 nitrogen and oxygen atoms in total. The number of carbonyl (C=O) groups is 4. The topological polar surface area (TPSA) is 314 Å². The van der Waals surface area contributed by atoms with Gasteiger partial charge in [-0.3, -0.25) is 24.1 Å². The number of ketones is 3. The minimum atomic E-state index is -0.613. The number of likely N-dealkylation sites (N-methyl/N-ethyl adjacent to an activating group) is 1. The molecule has 9 N–H and O–H groups in total. The molecule has 8 aromatic carbocycles. The number of hydrogen-bond acceptors (Lipinski definition) is 25. The largest absolute Gasteiger partial charge is 0.493 e. The van der Waals surface area contributed by atoms with E-state index in [-0.39, 0.29) is 58.6 Å². The van der Waals surface area contributed by atoms with Crippen LogP contribution in [0.3, 0.4) is 0 Å². The van der Waals surface area contributed by atoms with Gasteiger partial charge in [-0.05, 0) is 207 Å². The number of benzene rings is 8. The lowest BCUT2D eigenvalue weighted by molar-refractivity contribution is -0.114. The standard InChI is InChI=1S/C26H29FN6O3.C25H28FN5O2.C22H22N4O.C21H19FN4O/c1-2-24(34)29-19-6-3-7-20(16-19)30-25-23(27)18-28-26(32-25)31-21-8-4-9-22(17-21)36-13-5-10-33-11-14-35-15-12-33;1-17(2)13-23(32)18-7-5-8-19(14-18)28-24-22(26)16-27-25(30-24)29-20-9-6-10-21(15-20)33-12-11-31(3)4;1-3-20(27)13-12-17-8-7-11-19(14-17)24-21-16(2)15-23-22(26-21)25-18-9-5-4-6-10-18;1-14(2)12-19(27)15-8-10-17(11-9-15)24-20-18(22)13-23-21(26-20)25-16-6-4-3-5-7-16/h2-4,6-9,16-18H,1,5,10-15H2,(H,29,34)(H2,28,30,31,32);5-10,13-16H,11-12H2,1-4H3,(H2,27,28,29,30);3-11,14-15H,1,12-13H2,2H3,(H2,23,24,25,26);3-13H,1-2H3,(H2,23,24,25,26). The van der Waals surface area contributed by atoms with Crippen LogP contribution in [0.5, 0.6) is 11.5 Å². The lowest BCUT2D eigenvalue weighted by Gasteiger charge is -2.26. The van der Waals surface area contributed by atoms with E-state index in [0.29, 0.717) is 83.0 Å². The molecule has 0 radical (unpaired) electrons. The quantitative estimate of drug-likeness (QED) is 0.0101. The number of carbonyl (C=O) groups excluding carboxylic acids is 4. The number of hydrogen-bond donors (Lipinski definition) is 9. The summed E-state index contributed by atoms with van der Waals surface area (Å²) < 4.78 is 59.9. The van der Waals surface area contributed by atoms with Crippen LogP contribution in [0.4, 0.5) is 111 Å². The Morgan fingerprint density at radius 2 is 0.878 bits per heavy atom. The third-order valence-electron chi connectivity index (χ3n) is 17.6. The first-order chi connectivity index (χ1) is 59.5. The van der Waals surface area contributed by atoms with Crippen LogP contribution in [-0.2, 0) is 20.7 Å². The molecule has 0 bridgehead atoms. The molecule has 1 fully saturated rings. The summed E-state index contributed by atoms with van der Waals surface area (Å²) in [5.41, 5.74) is 11.3. The van der Waals surface area contributed by atoms with Crippen molar-refractivity contribution in [1.29, 1.82) is 0 Å². The van der Waals surface area contributed by atoms with Crippen molar-refractivity contribution in [3.63, 3.8) is 0 Å². The Kier molecular flexibility index (Phi) is 34.7. The van der Waals surface area contributed by atoms with Crippen molar-refractivity contribution in [3.8, 4) is 11.5 Å². The predicted octanol–water partition coefficient (Wildman–Crippen LogP) is 19.7. The fourth-order valence-electron chi connectivity index (χ4n) is 11.5. The van der Waals surface area contributed by atoms with Crippen LogP contribution >= 0.6 is 0 Å². The summed E-state index contributed by atoms with van der Waals surface area (Å²) >= 11 is 0. The van der Waals surface area contributed by atoms with Crippen LogP contribution in [0, 0.1) is 24.4 Å². The Labute approximate surface area is 713 Å². The average Bonchev–Trinajstić information content (AvgIpc) is 0.858. The van der Waals surface area contributed by atoms with Gasteiger partial charge in [0.1, 0.15) is 23.9 Å². The summed E-state index contributed by atoms with van der Waals surface area (Å²) in [5.74, 6) is 1.21. The van der Waals surface area contributed by atoms with Crippen molar-refractivity contribution in [3.05, 3.63) is 319 Å². The molecule has 0 atom stereocenters. The van der Waals surface area contributed by atoms with Crippen molar-refractivity contribution in [1.82, 2.24) is 49.7 Å². The fraction of sp³-hybridized carbons (Fsp3) is 0.191. The summed E-state index contributed by atoms with van der Waals surface area (Å²) in [4.78, 5) is 85.3. The monoisotopic (exact) mass is 1660 g/mol. The van der Waals surface area contributed by atoms with E-state index in [1.165, 1.54) is 12.2 Å². The summed E-state index contributed by atoms with van der Waals surface area (Å²) in [6, 6.07) is 62.5. The number of aryl methyl sites for hydroxylation is 2. The zero-order valence-corrected chi connectivity index (χ0v) is 69.4. The van der Waals surface area contributed by atoms with Crippen LogP contribution < -0.4 is 57.3 Å². The normalized spacial score (nSPS) is 11.3. The minimum Gasteiger partial charge on any atom is -0.493 e. The van der Waals surface area contributed by atoms with Gasteiger partial charge in [0.2, 0.25) is 29.7 Å². The molecule has 0 unspecified atom stereocenters. The van der Waals surface area contributed by atoms with E-state index in [1.54, 1.807) is 91.1 Å². The van der Waals surface area contributed by atoms with E-state index in [4.69, 9.17) is 14.2 Å². The second-order valence-corrected chi connectivity index (χ2v) is 28.5. The number of anilines is 17. The van der Waals surface area contributed by atoms with E-state index in [0.717, 1.165) is 115 Å². The maximum Gasteiger partial charge on any atom is 0.247 e.